The Hall–Kier alpha value is -1.26. The lowest BCUT2D eigenvalue weighted by molar-refractivity contribution is 0.0944. The zero-order valence-corrected chi connectivity index (χ0v) is 13.3. The first-order valence-electron chi connectivity index (χ1n) is 6.91. The van der Waals surface area contributed by atoms with Crippen LogP contribution in [0.25, 0.3) is 0 Å². The van der Waals surface area contributed by atoms with Gasteiger partial charge >= 0.3 is 0 Å². The van der Waals surface area contributed by atoms with Crippen LogP contribution in [0, 0.1) is 0 Å². The lowest BCUT2D eigenvalue weighted by atomic mass is 10.1. The third-order valence-corrected chi connectivity index (χ3v) is 2.91. The summed E-state index contributed by atoms with van der Waals surface area (Å²) in [7, 11) is 0. The molecule has 0 saturated carbocycles. The molecule has 1 amide bonds. The molecule has 1 aromatic rings. The van der Waals surface area contributed by atoms with Crippen LogP contribution in [0.2, 0.25) is 5.02 Å². The quantitative estimate of drug-likeness (QED) is 0.814. The van der Waals surface area contributed by atoms with Crippen LogP contribution >= 0.6 is 11.6 Å². The van der Waals surface area contributed by atoms with E-state index in [2.05, 4.69) is 10.6 Å². The smallest absolute Gasteiger partial charge is 0.255 e. The molecule has 0 aromatic heterocycles. The van der Waals surface area contributed by atoms with Crippen molar-refractivity contribution in [2.75, 3.05) is 13.1 Å². The van der Waals surface area contributed by atoms with Crippen molar-refractivity contribution >= 4 is 17.5 Å². The Bertz CT molecular complexity index is 449. The minimum atomic E-state index is -0.173. The number of rotatable bonds is 7. The van der Waals surface area contributed by atoms with E-state index in [0.717, 1.165) is 6.54 Å². The maximum absolute atomic E-state index is 12.2. The number of ether oxygens (including phenoxy) is 1. The molecular weight excluding hydrogens is 276 g/mol. The van der Waals surface area contributed by atoms with Crippen molar-refractivity contribution < 1.29 is 9.53 Å². The number of amides is 1. The van der Waals surface area contributed by atoms with Gasteiger partial charge in [0.1, 0.15) is 5.75 Å². The molecule has 5 heteroatoms. The molecule has 0 aliphatic carbocycles. The minimum Gasteiger partial charge on any atom is -0.490 e. The van der Waals surface area contributed by atoms with E-state index in [0.29, 0.717) is 22.9 Å². The van der Waals surface area contributed by atoms with E-state index in [4.69, 9.17) is 16.3 Å². The van der Waals surface area contributed by atoms with Gasteiger partial charge in [-0.15, -0.1) is 0 Å². The van der Waals surface area contributed by atoms with Crippen molar-refractivity contribution in [3.63, 3.8) is 0 Å². The molecule has 0 radical (unpaired) electrons. The molecule has 0 saturated heterocycles. The number of carbonyl (C=O) groups is 1. The lowest BCUT2D eigenvalue weighted by Gasteiger charge is -2.16. The second-order valence-corrected chi connectivity index (χ2v) is 5.41. The topological polar surface area (TPSA) is 50.4 Å². The summed E-state index contributed by atoms with van der Waals surface area (Å²) in [6.07, 6.45) is 0.00315. The lowest BCUT2D eigenvalue weighted by Crippen LogP contribution is -2.38. The third-order valence-electron chi connectivity index (χ3n) is 2.67. The highest BCUT2D eigenvalue weighted by Crippen LogP contribution is 2.23. The summed E-state index contributed by atoms with van der Waals surface area (Å²) in [5.41, 5.74) is 0.467. The summed E-state index contributed by atoms with van der Waals surface area (Å²) in [5.74, 6) is 0.380. The number of hydrogen-bond acceptors (Lipinski definition) is 3. The van der Waals surface area contributed by atoms with Crippen LogP contribution in [0.5, 0.6) is 5.75 Å². The Balaban J connectivity index is 2.77. The first kappa shape index (κ1) is 16.8. The number of hydrogen-bond donors (Lipinski definition) is 2. The zero-order chi connectivity index (χ0) is 15.1. The fourth-order valence-corrected chi connectivity index (χ4v) is 1.97. The molecule has 4 nitrogen and oxygen atoms in total. The van der Waals surface area contributed by atoms with E-state index in [1.165, 1.54) is 0 Å². The van der Waals surface area contributed by atoms with Crippen molar-refractivity contribution in [3.8, 4) is 5.75 Å². The van der Waals surface area contributed by atoms with Crippen LogP contribution in [0.4, 0.5) is 0 Å². The fraction of sp³-hybridized carbons (Fsp3) is 0.533. The Morgan fingerprint density at radius 3 is 2.65 bits per heavy atom. The summed E-state index contributed by atoms with van der Waals surface area (Å²) in [6.45, 7) is 9.32. The highest BCUT2D eigenvalue weighted by atomic mass is 35.5. The molecule has 0 heterocycles. The molecule has 1 aromatic carbocycles. The van der Waals surface area contributed by atoms with Gasteiger partial charge in [-0.1, -0.05) is 18.5 Å². The minimum absolute atomic E-state index is 0.00315. The van der Waals surface area contributed by atoms with E-state index >= 15 is 0 Å². The van der Waals surface area contributed by atoms with Gasteiger partial charge < -0.3 is 15.4 Å². The predicted octanol–water partition coefficient (Wildman–Crippen LogP) is 2.86. The fourth-order valence-electron chi connectivity index (χ4n) is 1.80. The van der Waals surface area contributed by atoms with Crippen LogP contribution in [0.15, 0.2) is 18.2 Å². The van der Waals surface area contributed by atoms with Crippen molar-refractivity contribution in [1.82, 2.24) is 10.6 Å². The SMILES string of the molecule is CCN[C@H](C)CNC(=O)c1cc(Cl)ccc1OC(C)C. The van der Waals surface area contributed by atoms with Crippen LogP contribution in [-0.2, 0) is 0 Å². The molecule has 112 valence electrons. The van der Waals surface area contributed by atoms with Gasteiger partial charge in [0, 0.05) is 17.6 Å². The summed E-state index contributed by atoms with van der Waals surface area (Å²) >= 11 is 5.96. The molecule has 0 aliphatic rings. The van der Waals surface area contributed by atoms with E-state index in [-0.39, 0.29) is 18.1 Å². The summed E-state index contributed by atoms with van der Waals surface area (Å²) in [6, 6.07) is 5.30. The van der Waals surface area contributed by atoms with Gasteiger partial charge in [0.2, 0.25) is 0 Å². The van der Waals surface area contributed by atoms with E-state index < -0.39 is 0 Å². The molecule has 2 N–H and O–H groups in total. The number of nitrogens with one attached hydrogen (secondary N) is 2. The second-order valence-electron chi connectivity index (χ2n) is 4.98. The summed E-state index contributed by atoms with van der Waals surface area (Å²) in [4.78, 5) is 12.2. The Morgan fingerprint density at radius 2 is 2.05 bits per heavy atom. The van der Waals surface area contributed by atoms with Crippen molar-refractivity contribution in [3.05, 3.63) is 28.8 Å². The average molecular weight is 299 g/mol. The van der Waals surface area contributed by atoms with Crippen LogP contribution in [-0.4, -0.2) is 31.1 Å². The third kappa shape index (κ3) is 5.39. The van der Waals surface area contributed by atoms with Gasteiger partial charge in [-0.05, 0) is 45.5 Å². The molecule has 0 spiro atoms. The second kappa shape index (κ2) is 8.12. The monoisotopic (exact) mass is 298 g/mol. The van der Waals surface area contributed by atoms with E-state index in [1.807, 2.05) is 27.7 Å². The molecule has 0 aliphatic heterocycles. The Kier molecular flexibility index (Phi) is 6.82. The first-order valence-corrected chi connectivity index (χ1v) is 7.29. The normalized spacial score (nSPS) is 12.3. The van der Waals surface area contributed by atoms with Crippen molar-refractivity contribution in [2.45, 2.75) is 39.8 Å². The summed E-state index contributed by atoms with van der Waals surface area (Å²) in [5, 5.41) is 6.64. The van der Waals surface area contributed by atoms with Crippen LogP contribution in [0.1, 0.15) is 38.1 Å². The average Bonchev–Trinajstić information content (AvgIpc) is 2.38. The number of likely N-dealkylation sites (N-methyl/N-ethyl adjacent to an activating group) is 1. The maximum Gasteiger partial charge on any atom is 0.255 e. The zero-order valence-electron chi connectivity index (χ0n) is 12.5. The molecule has 0 fully saturated rings. The number of benzene rings is 1. The molecule has 0 bridgehead atoms. The maximum atomic E-state index is 12.2. The van der Waals surface area contributed by atoms with Crippen molar-refractivity contribution in [1.29, 1.82) is 0 Å². The number of carbonyl (C=O) groups excluding carboxylic acids is 1. The largest absolute Gasteiger partial charge is 0.490 e. The standard InChI is InChI=1S/C15H23ClN2O2/c1-5-17-11(4)9-18-15(19)13-8-12(16)6-7-14(13)20-10(2)3/h6-8,10-11,17H,5,9H2,1-4H3,(H,18,19)/t11-/m1/s1. The van der Waals surface area contributed by atoms with Gasteiger partial charge in [-0.3, -0.25) is 4.79 Å². The highest BCUT2D eigenvalue weighted by Gasteiger charge is 2.15. The van der Waals surface area contributed by atoms with Crippen LogP contribution < -0.4 is 15.4 Å². The van der Waals surface area contributed by atoms with Crippen LogP contribution in [0.3, 0.4) is 0 Å². The first-order chi connectivity index (χ1) is 9.43. The Labute approximate surface area is 125 Å². The van der Waals surface area contributed by atoms with Gasteiger partial charge in [0.05, 0.1) is 11.7 Å². The predicted molar refractivity (Wildman–Crippen MR) is 82.7 cm³/mol. The summed E-state index contributed by atoms with van der Waals surface area (Å²) < 4.78 is 5.64. The number of halogens is 1. The molecule has 20 heavy (non-hydrogen) atoms. The van der Waals surface area contributed by atoms with Gasteiger partial charge in [-0.25, -0.2) is 0 Å². The van der Waals surface area contributed by atoms with Gasteiger partial charge in [0.15, 0.2) is 0 Å². The molecule has 0 unspecified atom stereocenters. The Morgan fingerprint density at radius 1 is 1.35 bits per heavy atom. The van der Waals surface area contributed by atoms with Crippen molar-refractivity contribution in [2.24, 2.45) is 0 Å². The highest BCUT2D eigenvalue weighted by molar-refractivity contribution is 6.31. The van der Waals surface area contributed by atoms with Gasteiger partial charge in [-0.2, -0.15) is 0 Å². The molecule has 1 atom stereocenters. The van der Waals surface area contributed by atoms with Gasteiger partial charge in [0.25, 0.3) is 5.91 Å². The van der Waals surface area contributed by atoms with E-state index in [1.54, 1.807) is 18.2 Å². The molecular formula is C15H23ClN2O2. The molecule has 1 rings (SSSR count). The van der Waals surface area contributed by atoms with E-state index in [9.17, 15) is 4.79 Å².